The van der Waals surface area contributed by atoms with Crippen LogP contribution in [0.2, 0.25) is 0 Å². The number of aryl methyl sites for hydroxylation is 1. The predicted octanol–water partition coefficient (Wildman–Crippen LogP) is 0.366. The lowest BCUT2D eigenvalue weighted by Gasteiger charge is -2.40. The van der Waals surface area contributed by atoms with Gasteiger partial charge in [-0.2, -0.15) is 5.10 Å². The van der Waals surface area contributed by atoms with E-state index in [1.165, 1.54) is 5.56 Å². The number of likely N-dealkylation sites (tertiary alicyclic amines) is 1. The van der Waals surface area contributed by atoms with Gasteiger partial charge in [-0.3, -0.25) is 19.2 Å². The van der Waals surface area contributed by atoms with Crippen molar-refractivity contribution in [3.63, 3.8) is 0 Å². The smallest absolute Gasteiger partial charge is 0.290 e. The highest BCUT2D eigenvalue weighted by molar-refractivity contribution is 5.87. The number of nitrogens with one attached hydrogen (secondary N) is 1. The standard InChI is InChI=1S/C13H20N4O.CH2O2/c1-16-9-11(8-15-16)10-17-7-3-5-13(17)4-2-6-14-12(13)18;2-1-3/h8-9H,2-7,10H2,1H3,(H,14,18);1H,(H,2,3). The molecule has 2 aliphatic heterocycles. The first-order valence-electron chi connectivity index (χ1n) is 7.21. The number of carboxylic acid groups (broad SMARTS) is 1. The first-order valence-corrected chi connectivity index (χ1v) is 7.21. The van der Waals surface area contributed by atoms with Crippen LogP contribution in [0.4, 0.5) is 0 Å². The molecule has 1 spiro atoms. The zero-order valence-corrected chi connectivity index (χ0v) is 12.3. The third-order valence-corrected chi connectivity index (χ3v) is 4.23. The van der Waals surface area contributed by atoms with Crippen molar-refractivity contribution < 1.29 is 14.7 Å². The first-order chi connectivity index (χ1) is 10.1. The van der Waals surface area contributed by atoms with Crippen molar-refractivity contribution in [2.45, 2.75) is 37.8 Å². The van der Waals surface area contributed by atoms with E-state index in [-0.39, 0.29) is 17.9 Å². The normalized spacial score (nSPS) is 25.3. The Hall–Kier alpha value is -1.89. The van der Waals surface area contributed by atoms with Crippen molar-refractivity contribution in [2.24, 2.45) is 7.05 Å². The van der Waals surface area contributed by atoms with Crippen LogP contribution in [-0.2, 0) is 23.2 Å². The van der Waals surface area contributed by atoms with E-state index in [0.717, 1.165) is 45.3 Å². The number of amides is 1. The third kappa shape index (κ3) is 3.24. The van der Waals surface area contributed by atoms with Crippen LogP contribution < -0.4 is 5.32 Å². The number of hydrogen-bond acceptors (Lipinski definition) is 4. The summed E-state index contributed by atoms with van der Waals surface area (Å²) in [7, 11) is 1.93. The lowest BCUT2D eigenvalue weighted by molar-refractivity contribution is -0.134. The van der Waals surface area contributed by atoms with E-state index in [1.54, 1.807) is 0 Å². The summed E-state index contributed by atoms with van der Waals surface area (Å²) in [6.07, 6.45) is 8.14. The van der Waals surface area contributed by atoms with Crippen molar-refractivity contribution >= 4 is 12.4 Å². The van der Waals surface area contributed by atoms with Crippen LogP contribution in [0.3, 0.4) is 0 Å². The Kier molecular flexibility index (Phi) is 4.95. The highest BCUT2D eigenvalue weighted by Gasteiger charge is 2.48. The zero-order valence-electron chi connectivity index (χ0n) is 12.3. The van der Waals surface area contributed by atoms with E-state index in [1.807, 2.05) is 24.1 Å². The first kappa shape index (κ1) is 15.5. The average Bonchev–Trinajstić information content (AvgIpc) is 3.03. The van der Waals surface area contributed by atoms with E-state index in [2.05, 4.69) is 15.3 Å². The Morgan fingerprint density at radius 2 is 2.19 bits per heavy atom. The molecule has 116 valence electrons. The third-order valence-electron chi connectivity index (χ3n) is 4.23. The molecule has 1 unspecified atom stereocenters. The zero-order chi connectivity index (χ0) is 15.3. The fourth-order valence-electron chi connectivity index (χ4n) is 3.34. The highest BCUT2D eigenvalue weighted by Crippen LogP contribution is 2.36. The van der Waals surface area contributed by atoms with Crippen LogP contribution in [0.25, 0.3) is 0 Å². The molecule has 2 aliphatic rings. The van der Waals surface area contributed by atoms with Crippen LogP contribution in [0.15, 0.2) is 12.4 Å². The maximum atomic E-state index is 12.3. The average molecular weight is 294 g/mol. The molecule has 21 heavy (non-hydrogen) atoms. The molecule has 1 aromatic rings. The molecular formula is C14H22N4O3. The quantitative estimate of drug-likeness (QED) is 0.769. The van der Waals surface area contributed by atoms with Gasteiger partial charge in [0.2, 0.25) is 5.91 Å². The van der Waals surface area contributed by atoms with Gasteiger partial charge in [0.1, 0.15) is 5.54 Å². The minimum atomic E-state index is -0.250. The second-order valence-electron chi connectivity index (χ2n) is 5.54. The lowest BCUT2D eigenvalue weighted by Crippen LogP contribution is -2.58. The van der Waals surface area contributed by atoms with E-state index in [9.17, 15) is 4.79 Å². The predicted molar refractivity (Wildman–Crippen MR) is 76.5 cm³/mol. The van der Waals surface area contributed by atoms with Gasteiger partial charge in [-0.05, 0) is 32.2 Å². The van der Waals surface area contributed by atoms with Gasteiger partial charge >= 0.3 is 0 Å². The monoisotopic (exact) mass is 294 g/mol. The molecule has 0 radical (unpaired) electrons. The Labute approximate surface area is 123 Å². The fraction of sp³-hybridized carbons (Fsp3) is 0.643. The topological polar surface area (TPSA) is 87.5 Å². The number of hydrogen-bond donors (Lipinski definition) is 2. The molecule has 1 amide bonds. The maximum absolute atomic E-state index is 12.3. The summed E-state index contributed by atoms with van der Waals surface area (Å²) in [6.45, 7) is 2.44. The van der Waals surface area contributed by atoms with Crippen LogP contribution >= 0.6 is 0 Å². The van der Waals surface area contributed by atoms with E-state index < -0.39 is 0 Å². The fourth-order valence-corrected chi connectivity index (χ4v) is 3.34. The number of piperidine rings is 1. The van der Waals surface area contributed by atoms with Gasteiger partial charge < -0.3 is 10.4 Å². The SMILES string of the molecule is Cn1cc(CN2CCCC23CCCNC3=O)cn1.O=CO. The molecule has 7 nitrogen and oxygen atoms in total. The van der Waals surface area contributed by atoms with E-state index in [0.29, 0.717) is 0 Å². The second-order valence-corrected chi connectivity index (χ2v) is 5.54. The van der Waals surface area contributed by atoms with Gasteiger partial charge in [0.15, 0.2) is 0 Å². The summed E-state index contributed by atoms with van der Waals surface area (Å²) >= 11 is 0. The summed E-state index contributed by atoms with van der Waals surface area (Å²) in [4.78, 5) is 23.0. The number of aromatic nitrogens is 2. The van der Waals surface area contributed by atoms with Crippen LogP contribution in [0, 0.1) is 0 Å². The van der Waals surface area contributed by atoms with Gasteiger partial charge in [-0.1, -0.05) is 0 Å². The molecular weight excluding hydrogens is 272 g/mol. The Morgan fingerprint density at radius 1 is 1.48 bits per heavy atom. The molecule has 3 heterocycles. The second kappa shape index (κ2) is 6.71. The Bertz CT molecular complexity index is 502. The minimum absolute atomic E-state index is 0.232. The molecule has 2 fully saturated rings. The van der Waals surface area contributed by atoms with Crippen molar-refractivity contribution in [3.05, 3.63) is 18.0 Å². The number of rotatable bonds is 2. The van der Waals surface area contributed by atoms with Crippen LogP contribution in [0.5, 0.6) is 0 Å². The summed E-state index contributed by atoms with van der Waals surface area (Å²) in [5.41, 5.74) is 0.950. The molecule has 2 saturated heterocycles. The van der Waals surface area contributed by atoms with E-state index >= 15 is 0 Å². The summed E-state index contributed by atoms with van der Waals surface area (Å²) < 4.78 is 1.82. The number of carbonyl (C=O) groups excluding carboxylic acids is 1. The Morgan fingerprint density at radius 3 is 2.81 bits per heavy atom. The van der Waals surface area contributed by atoms with Gasteiger partial charge in [0.05, 0.1) is 6.20 Å². The minimum Gasteiger partial charge on any atom is -0.483 e. The van der Waals surface area contributed by atoms with Crippen molar-refractivity contribution in [2.75, 3.05) is 13.1 Å². The molecule has 1 aromatic heterocycles. The van der Waals surface area contributed by atoms with Crippen LogP contribution in [0.1, 0.15) is 31.2 Å². The molecule has 0 saturated carbocycles. The van der Waals surface area contributed by atoms with Crippen LogP contribution in [-0.4, -0.2) is 50.8 Å². The van der Waals surface area contributed by atoms with E-state index in [4.69, 9.17) is 9.90 Å². The maximum Gasteiger partial charge on any atom is 0.290 e. The number of nitrogens with zero attached hydrogens (tertiary/aromatic N) is 3. The van der Waals surface area contributed by atoms with Crippen molar-refractivity contribution in [1.29, 1.82) is 0 Å². The van der Waals surface area contributed by atoms with Crippen molar-refractivity contribution in [1.82, 2.24) is 20.0 Å². The largest absolute Gasteiger partial charge is 0.483 e. The molecule has 3 rings (SSSR count). The number of carbonyl (C=O) groups is 2. The molecule has 0 aromatic carbocycles. The summed E-state index contributed by atoms with van der Waals surface area (Å²) in [5.74, 6) is 0.232. The van der Waals surface area contributed by atoms with Gasteiger partial charge in [-0.25, -0.2) is 0 Å². The van der Waals surface area contributed by atoms with Gasteiger partial charge in [0, 0.05) is 31.9 Å². The molecule has 2 N–H and O–H groups in total. The molecule has 0 bridgehead atoms. The molecule has 0 aliphatic carbocycles. The summed E-state index contributed by atoms with van der Waals surface area (Å²) in [6, 6.07) is 0. The Balaban J connectivity index is 0.000000497. The van der Waals surface area contributed by atoms with Gasteiger partial charge in [0.25, 0.3) is 6.47 Å². The summed E-state index contributed by atoms with van der Waals surface area (Å²) in [5, 5.41) is 14.1. The van der Waals surface area contributed by atoms with Gasteiger partial charge in [-0.15, -0.1) is 0 Å². The molecule has 7 heteroatoms. The van der Waals surface area contributed by atoms with Crippen molar-refractivity contribution in [3.8, 4) is 0 Å². The molecule has 1 atom stereocenters. The lowest BCUT2D eigenvalue weighted by atomic mass is 9.86. The highest BCUT2D eigenvalue weighted by atomic mass is 16.3.